The molecule has 5 heteroatoms. The van der Waals surface area contributed by atoms with E-state index in [1.807, 2.05) is 0 Å². The molecule has 0 aliphatic heterocycles. The van der Waals surface area contributed by atoms with E-state index in [1.54, 1.807) is 17.5 Å². The number of pyridine rings is 1. The van der Waals surface area contributed by atoms with Gasteiger partial charge in [0.25, 0.3) is 0 Å². The van der Waals surface area contributed by atoms with E-state index in [0.717, 1.165) is 20.0 Å². The summed E-state index contributed by atoms with van der Waals surface area (Å²) in [4.78, 5) is 11.0. The largest absolute Gasteiger partial charge is 0.346 e. The Kier molecular flexibility index (Phi) is 2.92. The molecule has 16 heavy (non-hydrogen) atoms. The molecule has 0 spiro atoms. The molecule has 3 nitrogen and oxygen atoms in total. The topological polar surface area (TPSA) is 29.0 Å². The van der Waals surface area contributed by atoms with Gasteiger partial charge in [-0.15, -0.1) is 0 Å². The van der Waals surface area contributed by atoms with Crippen LogP contribution in [-0.4, -0.2) is 22.6 Å². The van der Waals surface area contributed by atoms with Gasteiger partial charge in [0, 0.05) is 23.3 Å². The number of hydrogen-bond donors (Lipinski definition) is 0. The summed E-state index contributed by atoms with van der Waals surface area (Å²) in [7, 11) is 2.06. The van der Waals surface area contributed by atoms with E-state index in [2.05, 4.69) is 64.7 Å². The molecule has 0 fully saturated rings. The molecule has 0 aromatic carbocycles. The molecule has 0 bridgehead atoms. The van der Waals surface area contributed by atoms with E-state index in [-0.39, 0.29) is 5.54 Å². The fourth-order valence-electron chi connectivity index (χ4n) is 1.21. The van der Waals surface area contributed by atoms with Crippen molar-refractivity contribution in [1.82, 2.24) is 9.97 Å². The highest BCUT2D eigenvalue weighted by atomic mass is 79.9. The van der Waals surface area contributed by atoms with Gasteiger partial charge in [-0.2, -0.15) is 4.98 Å². The van der Waals surface area contributed by atoms with Crippen LogP contribution in [0.2, 0.25) is 0 Å². The van der Waals surface area contributed by atoms with Gasteiger partial charge in [-0.25, -0.2) is 4.98 Å². The predicted molar refractivity (Wildman–Crippen MR) is 73.3 cm³/mol. The molecule has 0 saturated heterocycles. The Balaban J connectivity index is 2.47. The number of thiazole rings is 1. The van der Waals surface area contributed by atoms with Crippen LogP contribution in [0.1, 0.15) is 20.8 Å². The van der Waals surface area contributed by atoms with Crippen LogP contribution in [0.15, 0.2) is 16.7 Å². The molecule has 2 heterocycles. The maximum atomic E-state index is 4.53. The molecule has 0 radical (unpaired) electrons. The first kappa shape index (κ1) is 11.8. The summed E-state index contributed by atoms with van der Waals surface area (Å²) < 4.78 is 2.11. The first-order chi connectivity index (χ1) is 7.38. The number of aromatic nitrogens is 2. The molecule has 0 saturated carbocycles. The Hall–Kier alpha value is -0.680. The number of hydrogen-bond acceptors (Lipinski definition) is 4. The van der Waals surface area contributed by atoms with Crippen molar-refractivity contribution in [1.29, 1.82) is 0 Å². The zero-order valence-electron chi connectivity index (χ0n) is 9.78. The maximum absolute atomic E-state index is 4.53. The van der Waals surface area contributed by atoms with Crippen LogP contribution < -0.4 is 4.90 Å². The summed E-state index contributed by atoms with van der Waals surface area (Å²) in [5.41, 5.74) is 0.893. The molecule has 2 aromatic rings. The van der Waals surface area contributed by atoms with Gasteiger partial charge in [0.15, 0.2) is 10.8 Å². The third-order valence-electron chi connectivity index (χ3n) is 2.50. The number of anilines is 1. The van der Waals surface area contributed by atoms with Gasteiger partial charge in [-0.1, -0.05) is 11.3 Å². The standard InChI is InChI=1S/C11H14BrN3S/c1-11(2,3)15(4)10-14-9-8(16-10)5-7(12)6-13-9/h5-6H,1-4H3. The number of fused-ring (bicyclic) bond motifs is 1. The van der Waals surface area contributed by atoms with Crippen LogP contribution in [-0.2, 0) is 0 Å². The number of halogens is 1. The molecule has 0 amide bonds. The monoisotopic (exact) mass is 299 g/mol. The highest BCUT2D eigenvalue weighted by Crippen LogP contribution is 2.31. The lowest BCUT2D eigenvalue weighted by Gasteiger charge is -2.31. The molecule has 86 valence electrons. The second-order valence-electron chi connectivity index (χ2n) is 4.70. The Morgan fingerprint density at radius 2 is 2.06 bits per heavy atom. The van der Waals surface area contributed by atoms with Gasteiger partial charge in [-0.3, -0.25) is 0 Å². The molecule has 0 N–H and O–H groups in total. The molecule has 0 atom stereocenters. The van der Waals surface area contributed by atoms with Crippen LogP contribution in [0, 0.1) is 0 Å². The zero-order valence-corrected chi connectivity index (χ0v) is 12.2. The summed E-state index contributed by atoms with van der Waals surface area (Å²) in [6.07, 6.45) is 1.78. The summed E-state index contributed by atoms with van der Waals surface area (Å²) >= 11 is 5.09. The van der Waals surface area contributed by atoms with Gasteiger partial charge >= 0.3 is 0 Å². The lowest BCUT2D eigenvalue weighted by molar-refractivity contribution is 0.538. The van der Waals surface area contributed by atoms with E-state index in [1.165, 1.54) is 0 Å². The summed E-state index contributed by atoms with van der Waals surface area (Å²) in [6.45, 7) is 6.51. The van der Waals surface area contributed by atoms with E-state index < -0.39 is 0 Å². The third-order valence-corrected chi connectivity index (χ3v) is 4.00. The summed E-state index contributed by atoms with van der Waals surface area (Å²) in [6, 6.07) is 2.06. The lowest BCUT2D eigenvalue weighted by atomic mass is 10.1. The highest BCUT2D eigenvalue weighted by molar-refractivity contribution is 9.10. The van der Waals surface area contributed by atoms with Gasteiger partial charge in [0.1, 0.15) is 0 Å². The average molecular weight is 300 g/mol. The molecule has 0 aliphatic carbocycles. The fourth-order valence-corrected chi connectivity index (χ4v) is 2.81. The highest BCUT2D eigenvalue weighted by Gasteiger charge is 2.20. The van der Waals surface area contributed by atoms with Crippen molar-refractivity contribution in [3.8, 4) is 0 Å². The van der Waals surface area contributed by atoms with Crippen LogP contribution in [0.25, 0.3) is 10.3 Å². The Bertz CT molecular complexity index is 515. The van der Waals surface area contributed by atoms with E-state index in [9.17, 15) is 0 Å². The Morgan fingerprint density at radius 3 is 2.69 bits per heavy atom. The van der Waals surface area contributed by atoms with Gasteiger partial charge < -0.3 is 4.90 Å². The van der Waals surface area contributed by atoms with E-state index in [4.69, 9.17) is 0 Å². The molecule has 0 aliphatic rings. The van der Waals surface area contributed by atoms with Gasteiger partial charge in [0.05, 0.1) is 4.70 Å². The fraction of sp³-hybridized carbons (Fsp3) is 0.455. The quantitative estimate of drug-likeness (QED) is 0.804. The average Bonchev–Trinajstić information content (AvgIpc) is 2.57. The first-order valence-corrected chi connectivity index (χ1v) is 6.65. The number of nitrogens with zero attached hydrogens (tertiary/aromatic N) is 3. The second-order valence-corrected chi connectivity index (χ2v) is 6.63. The predicted octanol–water partition coefficient (Wildman–Crippen LogP) is 3.69. The summed E-state index contributed by atoms with van der Waals surface area (Å²) in [5, 5.41) is 1.01. The molecule has 2 aromatic heterocycles. The van der Waals surface area contributed by atoms with Gasteiger partial charge in [0.2, 0.25) is 0 Å². The SMILES string of the molecule is CN(c1nc2ncc(Br)cc2s1)C(C)(C)C. The van der Waals surface area contributed by atoms with Crippen LogP contribution in [0.5, 0.6) is 0 Å². The molecule has 0 unspecified atom stereocenters. The van der Waals surface area contributed by atoms with Crippen molar-refractivity contribution in [2.24, 2.45) is 0 Å². The molecular formula is C11H14BrN3S. The molecular weight excluding hydrogens is 286 g/mol. The molecule has 2 rings (SSSR count). The Labute approximate surface area is 108 Å². The third kappa shape index (κ3) is 2.20. The van der Waals surface area contributed by atoms with Crippen molar-refractivity contribution >= 4 is 42.7 Å². The zero-order chi connectivity index (χ0) is 11.9. The van der Waals surface area contributed by atoms with Crippen molar-refractivity contribution in [3.63, 3.8) is 0 Å². The minimum Gasteiger partial charge on any atom is -0.346 e. The van der Waals surface area contributed by atoms with Crippen molar-refractivity contribution < 1.29 is 0 Å². The normalized spacial score (nSPS) is 12.1. The van der Waals surface area contributed by atoms with Gasteiger partial charge in [-0.05, 0) is 42.8 Å². The van der Waals surface area contributed by atoms with Crippen molar-refractivity contribution in [3.05, 3.63) is 16.7 Å². The second kappa shape index (κ2) is 3.96. The Morgan fingerprint density at radius 1 is 1.38 bits per heavy atom. The summed E-state index contributed by atoms with van der Waals surface area (Å²) in [5.74, 6) is 0. The number of rotatable bonds is 1. The van der Waals surface area contributed by atoms with E-state index >= 15 is 0 Å². The lowest BCUT2D eigenvalue weighted by Crippen LogP contribution is -2.37. The van der Waals surface area contributed by atoms with Crippen molar-refractivity contribution in [2.45, 2.75) is 26.3 Å². The van der Waals surface area contributed by atoms with Crippen LogP contribution >= 0.6 is 27.3 Å². The maximum Gasteiger partial charge on any atom is 0.188 e. The minimum absolute atomic E-state index is 0.0745. The first-order valence-electron chi connectivity index (χ1n) is 5.04. The van der Waals surface area contributed by atoms with Crippen LogP contribution in [0.4, 0.5) is 5.13 Å². The smallest absolute Gasteiger partial charge is 0.188 e. The minimum atomic E-state index is 0.0745. The van der Waals surface area contributed by atoms with Crippen LogP contribution in [0.3, 0.4) is 0 Å². The van der Waals surface area contributed by atoms with Crippen molar-refractivity contribution in [2.75, 3.05) is 11.9 Å². The van der Waals surface area contributed by atoms with E-state index in [0.29, 0.717) is 0 Å².